The van der Waals surface area contributed by atoms with Crippen molar-refractivity contribution in [1.82, 2.24) is 5.32 Å². The molecule has 2 heteroatoms. The summed E-state index contributed by atoms with van der Waals surface area (Å²) >= 11 is 0. The normalized spacial score (nSPS) is 7.62. The summed E-state index contributed by atoms with van der Waals surface area (Å²) in [4.78, 5) is 0. The molecule has 0 aliphatic rings. The molecule has 0 aliphatic carbocycles. The second-order valence-corrected chi connectivity index (χ2v) is 1.35. The molecule has 0 heterocycles. The Bertz CT molecular complexity index is 45.8. The summed E-state index contributed by atoms with van der Waals surface area (Å²) in [5.74, 6) is 0. The first-order valence-electron chi connectivity index (χ1n) is 2.52. The van der Waals surface area contributed by atoms with Crippen LogP contribution < -0.4 is 5.32 Å². The van der Waals surface area contributed by atoms with Gasteiger partial charge in [-0.25, -0.2) is 0 Å². The molecule has 1 radical (unpaired) electrons. The second kappa shape index (κ2) is 10.6. The summed E-state index contributed by atoms with van der Waals surface area (Å²) in [5.41, 5.74) is 0. The molecule has 0 atom stereocenters. The van der Waals surface area contributed by atoms with Gasteiger partial charge in [-0.2, -0.15) is 0 Å². The van der Waals surface area contributed by atoms with E-state index in [1.54, 1.807) is 0 Å². The SMILES string of the molecule is [CH2]CCNCC=C.[NaH]. The fraction of sp³-hybridized carbons (Fsp3) is 0.500. The van der Waals surface area contributed by atoms with E-state index in [0.29, 0.717) is 0 Å². The zero-order valence-corrected chi connectivity index (χ0v) is 4.61. The molecule has 0 spiro atoms. The Morgan fingerprint density at radius 2 is 2.12 bits per heavy atom. The molecule has 0 aliphatic heterocycles. The van der Waals surface area contributed by atoms with Crippen LogP contribution in [-0.4, -0.2) is 42.6 Å². The number of rotatable bonds is 4. The van der Waals surface area contributed by atoms with E-state index < -0.39 is 0 Å². The van der Waals surface area contributed by atoms with Gasteiger partial charge in [0, 0.05) is 6.54 Å². The van der Waals surface area contributed by atoms with Crippen molar-refractivity contribution < 1.29 is 0 Å². The Kier molecular flexibility index (Phi) is 15.3. The molecule has 0 bridgehead atoms. The molecule has 0 unspecified atom stereocenters. The molecule has 0 amide bonds. The first-order chi connectivity index (χ1) is 3.41. The van der Waals surface area contributed by atoms with Crippen LogP contribution >= 0.6 is 0 Å². The first-order valence-corrected chi connectivity index (χ1v) is 2.52. The van der Waals surface area contributed by atoms with Crippen molar-refractivity contribution in [1.29, 1.82) is 0 Å². The molecule has 0 rings (SSSR count). The van der Waals surface area contributed by atoms with Gasteiger partial charge >= 0.3 is 29.6 Å². The van der Waals surface area contributed by atoms with E-state index in [2.05, 4.69) is 18.8 Å². The Labute approximate surface area is 73.8 Å². The summed E-state index contributed by atoms with van der Waals surface area (Å²) in [7, 11) is 0. The minimum absolute atomic E-state index is 0. The van der Waals surface area contributed by atoms with Crippen molar-refractivity contribution in [3.05, 3.63) is 19.6 Å². The molecule has 0 fully saturated rings. The Morgan fingerprint density at radius 1 is 1.50 bits per heavy atom. The van der Waals surface area contributed by atoms with Crippen LogP contribution in [0.2, 0.25) is 0 Å². The molecular weight excluding hydrogens is 109 g/mol. The predicted molar refractivity (Wildman–Crippen MR) is 40.2 cm³/mol. The third-order valence-electron chi connectivity index (χ3n) is 0.642. The van der Waals surface area contributed by atoms with Crippen molar-refractivity contribution in [3.63, 3.8) is 0 Å². The van der Waals surface area contributed by atoms with Gasteiger partial charge in [0.15, 0.2) is 0 Å². The van der Waals surface area contributed by atoms with Gasteiger partial charge in [0.1, 0.15) is 0 Å². The van der Waals surface area contributed by atoms with Crippen LogP contribution in [0.1, 0.15) is 6.42 Å². The van der Waals surface area contributed by atoms with Crippen LogP contribution in [0.25, 0.3) is 0 Å². The second-order valence-electron chi connectivity index (χ2n) is 1.35. The van der Waals surface area contributed by atoms with Gasteiger partial charge in [0.05, 0.1) is 0 Å². The van der Waals surface area contributed by atoms with Gasteiger partial charge in [0.25, 0.3) is 0 Å². The van der Waals surface area contributed by atoms with E-state index >= 15 is 0 Å². The number of hydrogen-bond acceptors (Lipinski definition) is 1. The van der Waals surface area contributed by atoms with Crippen LogP contribution in [0.5, 0.6) is 0 Å². The van der Waals surface area contributed by atoms with E-state index in [9.17, 15) is 0 Å². The van der Waals surface area contributed by atoms with Crippen LogP contribution in [0.3, 0.4) is 0 Å². The Balaban J connectivity index is 0. The molecule has 0 aromatic carbocycles. The maximum absolute atomic E-state index is 3.66. The molecule has 0 aromatic rings. The van der Waals surface area contributed by atoms with Gasteiger partial charge in [-0.3, -0.25) is 0 Å². The summed E-state index contributed by atoms with van der Waals surface area (Å²) in [6, 6.07) is 0. The van der Waals surface area contributed by atoms with Gasteiger partial charge in [-0.1, -0.05) is 13.0 Å². The molecular formula is C6H13NNa. The third kappa shape index (κ3) is 9.85. The summed E-state index contributed by atoms with van der Waals surface area (Å²) < 4.78 is 0. The fourth-order valence-electron chi connectivity index (χ4n) is 0.329. The molecule has 1 N–H and O–H groups in total. The molecule has 8 heavy (non-hydrogen) atoms. The monoisotopic (exact) mass is 122 g/mol. The van der Waals surface area contributed by atoms with Crippen LogP contribution in [-0.2, 0) is 0 Å². The van der Waals surface area contributed by atoms with Crippen molar-refractivity contribution in [2.45, 2.75) is 6.42 Å². The van der Waals surface area contributed by atoms with Crippen molar-refractivity contribution >= 4 is 29.6 Å². The van der Waals surface area contributed by atoms with Gasteiger partial charge < -0.3 is 5.32 Å². The minimum atomic E-state index is 0. The Hall–Kier alpha value is 0.700. The van der Waals surface area contributed by atoms with Crippen LogP contribution in [0, 0.1) is 6.92 Å². The fourth-order valence-corrected chi connectivity index (χ4v) is 0.329. The topological polar surface area (TPSA) is 12.0 Å². The predicted octanol–water partition coefficient (Wildman–Crippen LogP) is 0.338. The number of hydrogen-bond donors (Lipinski definition) is 1. The quantitative estimate of drug-likeness (QED) is 0.322. The zero-order chi connectivity index (χ0) is 5.54. The van der Waals surface area contributed by atoms with Crippen LogP contribution in [0.15, 0.2) is 12.7 Å². The average Bonchev–Trinajstić information content (AvgIpc) is 1.69. The van der Waals surface area contributed by atoms with Crippen molar-refractivity contribution in [3.8, 4) is 0 Å². The van der Waals surface area contributed by atoms with Crippen molar-refractivity contribution in [2.75, 3.05) is 13.1 Å². The number of nitrogens with one attached hydrogen (secondary N) is 1. The van der Waals surface area contributed by atoms with E-state index in [4.69, 9.17) is 0 Å². The zero-order valence-electron chi connectivity index (χ0n) is 4.61. The van der Waals surface area contributed by atoms with E-state index in [-0.39, 0.29) is 29.6 Å². The van der Waals surface area contributed by atoms with Gasteiger partial charge in [0.2, 0.25) is 0 Å². The molecule has 43 valence electrons. The Morgan fingerprint density at radius 3 is 2.50 bits per heavy atom. The van der Waals surface area contributed by atoms with Gasteiger partial charge in [-0.05, 0) is 13.0 Å². The van der Waals surface area contributed by atoms with E-state index in [0.717, 1.165) is 19.5 Å². The third-order valence-corrected chi connectivity index (χ3v) is 0.642. The van der Waals surface area contributed by atoms with Crippen LogP contribution in [0.4, 0.5) is 0 Å². The standard InChI is InChI=1S/C6H12N.Na.H/c1-3-5-7-6-4-2;;/h3,7H,1-2,4-6H2;;. The summed E-state index contributed by atoms with van der Waals surface area (Å²) in [6.45, 7) is 9.10. The first kappa shape index (κ1) is 11.5. The van der Waals surface area contributed by atoms with Gasteiger partial charge in [-0.15, -0.1) is 6.58 Å². The molecule has 0 saturated carbocycles. The average molecular weight is 122 g/mol. The van der Waals surface area contributed by atoms with E-state index in [1.807, 2.05) is 6.08 Å². The molecule has 0 aromatic heterocycles. The maximum atomic E-state index is 3.66. The van der Waals surface area contributed by atoms with Crippen molar-refractivity contribution in [2.24, 2.45) is 0 Å². The molecule has 1 nitrogen and oxygen atoms in total. The molecule has 0 saturated heterocycles. The summed E-state index contributed by atoms with van der Waals surface area (Å²) in [6.07, 6.45) is 2.80. The summed E-state index contributed by atoms with van der Waals surface area (Å²) in [5, 5.41) is 3.10. The van der Waals surface area contributed by atoms with E-state index in [1.165, 1.54) is 0 Å².